The molecule has 0 saturated carbocycles. The first-order chi connectivity index (χ1) is 10.4. The van der Waals surface area contributed by atoms with Crippen LogP contribution in [0.1, 0.15) is 32.3 Å². The molecule has 0 amide bonds. The van der Waals surface area contributed by atoms with Crippen molar-refractivity contribution in [3.63, 3.8) is 0 Å². The lowest BCUT2D eigenvalue weighted by Gasteiger charge is -2.14. The van der Waals surface area contributed by atoms with Crippen molar-refractivity contribution in [3.8, 4) is 5.75 Å². The van der Waals surface area contributed by atoms with Gasteiger partial charge in [0.1, 0.15) is 5.75 Å². The van der Waals surface area contributed by atoms with Crippen molar-refractivity contribution in [2.24, 2.45) is 0 Å². The maximum Gasteiger partial charge on any atom is 0.128 e. The Bertz CT molecular complexity index is 564. The maximum absolute atomic E-state index is 5.89. The van der Waals surface area contributed by atoms with E-state index in [1.165, 1.54) is 0 Å². The zero-order valence-electron chi connectivity index (χ0n) is 12.7. The molecule has 0 fully saturated rings. The van der Waals surface area contributed by atoms with Gasteiger partial charge in [-0.3, -0.25) is 0 Å². The fourth-order valence-corrected chi connectivity index (χ4v) is 2.70. The quantitative estimate of drug-likeness (QED) is 0.663. The largest absolute Gasteiger partial charge is 0.493 e. The van der Waals surface area contributed by atoms with Crippen molar-refractivity contribution in [1.29, 1.82) is 0 Å². The second-order valence-electron chi connectivity index (χ2n) is 4.69. The minimum atomic E-state index is 0.732. The summed E-state index contributed by atoms with van der Waals surface area (Å²) in [5.74, 6) is 2.03. The number of rotatable bonds is 8. The number of ether oxygens (including phenoxy) is 1. The summed E-state index contributed by atoms with van der Waals surface area (Å²) < 4.78 is 7.93. The van der Waals surface area contributed by atoms with Gasteiger partial charge < -0.3 is 9.30 Å². The molecule has 0 saturated heterocycles. The molecular formula is C17H22N2OS. The van der Waals surface area contributed by atoms with Crippen LogP contribution in [-0.4, -0.2) is 21.9 Å². The van der Waals surface area contributed by atoms with E-state index in [1.807, 2.05) is 47.1 Å². The first-order valence-corrected chi connectivity index (χ1v) is 8.44. The Hall–Kier alpha value is -1.68. The van der Waals surface area contributed by atoms with Gasteiger partial charge in [0.25, 0.3) is 0 Å². The van der Waals surface area contributed by atoms with Gasteiger partial charge in [0, 0.05) is 18.0 Å². The Balaban J connectivity index is 2.34. The second kappa shape index (κ2) is 8.57. The normalized spacial score (nSPS) is 11.6. The number of para-hydroxylation sites is 1. The van der Waals surface area contributed by atoms with Crippen molar-refractivity contribution in [2.75, 3.05) is 12.4 Å². The molecule has 1 aromatic heterocycles. The Labute approximate surface area is 131 Å². The minimum absolute atomic E-state index is 0.732. The average Bonchev–Trinajstić information content (AvgIpc) is 3.04. The SMILES string of the molecule is CCCOc1ccccc1/C(=C\SCCC)n1ccnc1. The first kappa shape index (κ1) is 15.7. The van der Waals surface area contributed by atoms with Gasteiger partial charge in [0.15, 0.2) is 0 Å². The zero-order valence-corrected chi connectivity index (χ0v) is 13.5. The monoisotopic (exact) mass is 302 g/mol. The number of nitrogens with zero attached hydrogens (tertiary/aromatic N) is 2. The number of hydrogen-bond donors (Lipinski definition) is 0. The van der Waals surface area contributed by atoms with Crippen LogP contribution in [0.2, 0.25) is 0 Å². The smallest absolute Gasteiger partial charge is 0.128 e. The van der Waals surface area contributed by atoms with Crippen LogP contribution in [0, 0.1) is 0 Å². The number of benzene rings is 1. The Morgan fingerprint density at radius 3 is 2.86 bits per heavy atom. The number of aromatic nitrogens is 2. The van der Waals surface area contributed by atoms with E-state index < -0.39 is 0 Å². The molecule has 3 nitrogen and oxygen atoms in total. The van der Waals surface area contributed by atoms with Gasteiger partial charge in [0.05, 0.1) is 18.6 Å². The van der Waals surface area contributed by atoms with Crippen molar-refractivity contribution in [3.05, 3.63) is 54.0 Å². The molecule has 0 bridgehead atoms. The van der Waals surface area contributed by atoms with Crippen LogP contribution in [0.25, 0.3) is 5.70 Å². The molecule has 0 atom stereocenters. The van der Waals surface area contributed by atoms with Crippen LogP contribution >= 0.6 is 11.8 Å². The molecule has 2 rings (SSSR count). The van der Waals surface area contributed by atoms with E-state index in [2.05, 4.69) is 30.3 Å². The first-order valence-electron chi connectivity index (χ1n) is 7.39. The van der Waals surface area contributed by atoms with Gasteiger partial charge in [-0.2, -0.15) is 0 Å². The van der Waals surface area contributed by atoms with E-state index in [1.54, 1.807) is 6.20 Å². The fraction of sp³-hybridized carbons (Fsp3) is 0.353. The maximum atomic E-state index is 5.89. The average molecular weight is 302 g/mol. The minimum Gasteiger partial charge on any atom is -0.493 e. The van der Waals surface area contributed by atoms with Crippen LogP contribution in [0.4, 0.5) is 0 Å². The van der Waals surface area contributed by atoms with Gasteiger partial charge in [-0.25, -0.2) is 4.98 Å². The predicted molar refractivity (Wildman–Crippen MR) is 90.6 cm³/mol. The summed E-state index contributed by atoms with van der Waals surface area (Å²) in [5.41, 5.74) is 2.21. The van der Waals surface area contributed by atoms with E-state index >= 15 is 0 Å². The molecule has 0 spiro atoms. The molecule has 1 heterocycles. The lowest BCUT2D eigenvalue weighted by atomic mass is 10.1. The summed E-state index contributed by atoms with van der Waals surface area (Å²) in [6.45, 7) is 5.04. The van der Waals surface area contributed by atoms with Crippen molar-refractivity contribution < 1.29 is 4.74 Å². The molecule has 21 heavy (non-hydrogen) atoms. The number of hydrogen-bond acceptors (Lipinski definition) is 3. The second-order valence-corrected chi connectivity index (χ2v) is 5.67. The molecule has 0 radical (unpaired) electrons. The Morgan fingerprint density at radius 2 is 2.14 bits per heavy atom. The highest BCUT2D eigenvalue weighted by atomic mass is 32.2. The van der Waals surface area contributed by atoms with E-state index in [0.717, 1.165) is 42.2 Å². The Morgan fingerprint density at radius 1 is 1.29 bits per heavy atom. The van der Waals surface area contributed by atoms with Crippen LogP contribution < -0.4 is 4.74 Å². The summed E-state index contributed by atoms with van der Waals surface area (Å²) in [7, 11) is 0. The van der Waals surface area contributed by atoms with Gasteiger partial charge >= 0.3 is 0 Å². The highest BCUT2D eigenvalue weighted by molar-refractivity contribution is 8.02. The van der Waals surface area contributed by atoms with Gasteiger partial charge in [-0.05, 0) is 36.1 Å². The molecule has 0 N–H and O–H groups in total. The van der Waals surface area contributed by atoms with E-state index in [0.29, 0.717) is 0 Å². The summed E-state index contributed by atoms with van der Waals surface area (Å²) in [6.07, 6.45) is 7.76. The third kappa shape index (κ3) is 4.39. The van der Waals surface area contributed by atoms with Crippen LogP contribution in [0.3, 0.4) is 0 Å². The van der Waals surface area contributed by atoms with Crippen LogP contribution in [0.5, 0.6) is 5.75 Å². The van der Waals surface area contributed by atoms with Crippen LogP contribution in [0.15, 0.2) is 48.4 Å². The van der Waals surface area contributed by atoms with E-state index in [9.17, 15) is 0 Å². The standard InChI is InChI=1S/C17H22N2OS/c1-3-11-20-17-8-6-5-7-15(17)16(13-21-12-4-2)19-10-9-18-14-19/h5-10,13-14H,3-4,11-12H2,1-2H3/b16-13+. The number of thioether (sulfide) groups is 1. The zero-order chi connectivity index (χ0) is 14.9. The number of imidazole rings is 1. The molecular weight excluding hydrogens is 280 g/mol. The van der Waals surface area contributed by atoms with Crippen LogP contribution in [-0.2, 0) is 0 Å². The molecule has 2 aromatic rings. The molecule has 1 aromatic carbocycles. The third-order valence-corrected chi connectivity index (χ3v) is 3.96. The van der Waals surface area contributed by atoms with Crippen molar-refractivity contribution in [1.82, 2.24) is 9.55 Å². The topological polar surface area (TPSA) is 27.1 Å². The van der Waals surface area contributed by atoms with Gasteiger partial charge in [-0.15, -0.1) is 11.8 Å². The molecule has 0 aliphatic heterocycles. The van der Waals surface area contributed by atoms with Gasteiger partial charge in [-0.1, -0.05) is 26.0 Å². The molecule has 0 aliphatic carbocycles. The third-order valence-electron chi connectivity index (χ3n) is 2.92. The summed E-state index contributed by atoms with van der Waals surface area (Å²) in [4.78, 5) is 4.16. The predicted octanol–water partition coefficient (Wildman–Crippen LogP) is 4.66. The van der Waals surface area contributed by atoms with Crippen molar-refractivity contribution in [2.45, 2.75) is 26.7 Å². The van der Waals surface area contributed by atoms with E-state index in [-0.39, 0.29) is 0 Å². The molecule has 112 valence electrons. The van der Waals surface area contributed by atoms with Crippen molar-refractivity contribution >= 4 is 17.5 Å². The summed E-state index contributed by atoms with van der Waals surface area (Å²) in [6, 6.07) is 8.19. The highest BCUT2D eigenvalue weighted by Crippen LogP contribution is 2.29. The lowest BCUT2D eigenvalue weighted by Crippen LogP contribution is -2.02. The highest BCUT2D eigenvalue weighted by Gasteiger charge is 2.10. The molecule has 0 unspecified atom stereocenters. The van der Waals surface area contributed by atoms with E-state index in [4.69, 9.17) is 4.74 Å². The Kier molecular flexibility index (Phi) is 6.41. The summed E-state index contributed by atoms with van der Waals surface area (Å²) in [5, 5.41) is 2.19. The summed E-state index contributed by atoms with van der Waals surface area (Å²) >= 11 is 1.82. The fourth-order valence-electron chi connectivity index (χ4n) is 1.94. The molecule has 0 aliphatic rings. The lowest BCUT2D eigenvalue weighted by molar-refractivity contribution is 0.316. The van der Waals surface area contributed by atoms with Gasteiger partial charge in [0.2, 0.25) is 0 Å². The molecule has 4 heteroatoms.